The lowest BCUT2D eigenvalue weighted by Gasteiger charge is -2.16. The Morgan fingerprint density at radius 3 is 2.62 bits per heavy atom. The molecule has 0 spiro atoms. The van der Waals surface area contributed by atoms with Crippen molar-refractivity contribution in [3.8, 4) is 5.75 Å². The maximum absolute atomic E-state index is 12.7. The average molecular weight is 435 g/mol. The first-order chi connectivity index (χ1) is 15.6. The summed E-state index contributed by atoms with van der Waals surface area (Å²) in [6.07, 6.45) is 4.09. The largest absolute Gasteiger partial charge is 0.494 e. The molecule has 166 valence electrons. The van der Waals surface area contributed by atoms with Gasteiger partial charge in [-0.2, -0.15) is 5.10 Å². The molecule has 1 atom stereocenters. The Bertz CT molecular complexity index is 1000. The van der Waals surface area contributed by atoms with Crippen molar-refractivity contribution in [1.29, 1.82) is 0 Å². The summed E-state index contributed by atoms with van der Waals surface area (Å²) >= 11 is 0. The number of carbonyl (C=O) groups excluding carboxylic acids is 2. The number of alkyl carbamates (subject to hydrolysis) is 1. The molecule has 0 aliphatic carbocycles. The molecule has 9 heteroatoms. The molecule has 3 N–H and O–H groups in total. The average Bonchev–Trinajstić information content (AvgIpc) is 3.32. The smallest absolute Gasteiger partial charge is 0.408 e. The van der Waals surface area contributed by atoms with E-state index in [4.69, 9.17) is 9.47 Å². The van der Waals surface area contributed by atoms with Crippen LogP contribution in [-0.4, -0.2) is 40.8 Å². The molecule has 0 fully saturated rings. The second-order valence-electron chi connectivity index (χ2n) is 6.78. The molecule has 0 unspecified atom stereocenters. The minimum absolute atomic E-state index is 0.0982. The molecule has 1 heterocycles. The summed E-state index contributed by atoms with van der Waals surface area (Å²) in [7, 11) is 0. The van der Waals surface area contributed by atoms with Gasteiger partial charge in [0.05, 0.1) is 19.1 Å². The topological polar surface area (TPSA) is 118 Å². The standard InChI is InChI=1S/C23H25N5O4/c1-2-31-20-10-8-17(9-11-20)13-26-28-22(29)21(12-19-14-24-16-25-19)27-23(30)32-15-18-6-4-3-5-7-18/h3-11,13-14,16,21H,2,12,15H2,1H3,(H,24,25)(H,27,30)(H,28,29)/b26-13-/t21-/m0/s1. The van der Waals surface area contributed by atoms with E-state index in [1.165, 1.54) is 12.5 Å². The summed E-state index contributed by atoms with van der Waals surface area (Å²) in [4.78, 5) is 31.8. The van der Waals surface area contributed by atoms with Crippen LogP contribution in [0.5, 0.6) is 5.75 Å². The SMILES string of the molecule is CCOc1ccc(/C=N\NC(=O)[C@H](Cc2cnc[nH]2)NC(=O)OCc2ccccc2)cc1. The van der Waals surface area contributed by atoms with Crippen LogP contribution in [0.15, 0.2) is 72.2 Å². The monoisotopic (exact) mass is 435 g/mol. The lowest BCUT2D eigenvalue weighted by atomic mass is 10.1. The lowest BCUT2D eigenvalue weighted by molar-refractivity contribution is -0.123. The number of aromatic amines is 1. The molecule has 0 aliphatic rings. The third-order valence-electron chi connectivity index (χ3n) is 4.38. The number of rotatable bonds is 10. The Labute approximate surface area is 185 Å². The number of imidazole rings is 1. The van der Waals surface area contributed by atoms with Crippen molar-refractivity contribution in [3.63, 3.8) is 0 Å². The van der Waals surface area contributed by atoms with Gasteiger partial charge in [0.2, 0.25) is 0 Å². The Morgan fingerprint density at radius 2 is 1.94 bits per heavy atom. The molecule has 9 nitrogen and oxygen atoms in total. The highest BCUT2D eigenvalue weighted by molar-refractivity contribution is 5.87. The van der Waals surface area contributed by atoms with Gasteiger partial charge in [0, 0.05) is 18.3 Å². The number of hydrogen-bond donors (Lipinski definition) is 3. The van der Waals surface area contributed by atoms with Gasteiger partial charge in [-0.15, -0.1) is 0 Å². The van der Waals surface area contributed by atoms with Crippen molar-refractivity contribution in [3.05, 3.63) is 83.9 Å². The van der Waals surface area contributed by atoms with Gasteiger partial charge >= 0.3 is 6.09 Å². The fraction of sp³-hybridized carbons (Fsp3) is 0.217. The minimum Gasteiger partial charge on any atom is -0.494 e. The van der Waals surface area contributed by atoms with Crippen molar-refractivity contribution in [2.24, 2.45) is 5.10 Å². The Morgan fingerprint density at radius 1 is 1.16 bits per heavy atom. The summed E-state index contributed by atoms with van der Waals surface area (Å²) in [5, 5.41) is 6.57. The maximum atomic E-state index is 12.7. The molecule has 32 heavy (non-hydrogen) atoms. The number of amides is 2. The van der Waals surface area contributed by atoms with Crippen molar-refractivity contribution in [2.45, 2.75) is 26.0 Å². The van der Waals surface area contributed by atoms with Gasteiger partial charge < -0.3 is 19.8 Å². The number of hydrazone groups is 1. The molecule has 0 saturated carbocycles. The van der Waals surface area contributed by atoms with Crippen LogP contribution in [0.1, 0.15) is 23.7 Å². The molecule has 3 aromatic rings. The van der Waals surface area contributed by atoms with Crippen molar-refractivity contribution < 1.29 is 19.1 Å². The summed E-state index contributed by atoms with van der Waals surface area (Å²) in [5.41, 5.74) is 4.77. The molecule has 1 aromatic heterocycles. The van der Waals surface area contributed by atoms with Gasteiger partial charge in [0.1, 0.15) is 18.4 Å². The first kappa shape index (κ1) is 22.5. The highest BCUT2D eigenvalue weighted by Crippen LogP contribution is 2.10. The Kier molecular flexibility index (Phi) is 8.38. The van der Waals surface area contributed by atoms with E-state index in [9.17, 15) is 9.59 Å². The summed E-state index contributed by atoms with van der Waals surface area (Å²) in [5.74, 6) is 0.268. The van der Waals surface area contributed by atoms with Crippen LogP contribution in [0.3, 0.4) is 0 Å². The van der Waals surface area contributed by atoms with Crippen LogP contribution in [0.4, 0.5) is 4.79 Å². The zero-order chi connectivity index (χ0) is 22.6. The number of nitrogens with zero attached hydrogens (tertiary/aromatic N) is 2. The number of benzene rings is 2. The highest BCUT2D eigenvalue weighted by atomic mass is 16.5. The molecule has 0 aliphatic heterocycles. The van der Waals surface area contributed by atoms with Crippen LogP contribution in [0, 0.1) is 0 Å². The normalized spacial score (nSPS) is 11.7. The molecule has 3 rings (SSSR count). The third-order valence-corrected chi connectivity index (χ3v) is 4.38. The van der Waals surface area contributed by atoms with E-state index < -0.39 is 18.0 Å². The quantitative estimate of drug-likeness (QED) is 0.334. The first-order valence-electron chi connectivity index (χ1n) is 10.1. The zero-order valence-electron chi connectivity index (χ0n) is 17.7. The lowest BCUT2D eigenvalue weighted by Crippen LogP contribution is -2.47. The predicted octanol–water partition coefficient (Wildman–Crippen LogP) is 2.80. The molecule has 0 radical (unpaired) electrons. The molecule has 0 bridgehead atoms. The summed E-state index contributed by atoms with van der Waals surface area (Å²) in [6, 6.07) is 15.6. The first-order valence-corrected chi connectivity index (χ1v) is 10.1. The van der Waals surface area contributed by atoms with Crippen LogP contribution >= 0.6 is 0 Å². The third kappa shape index (κ3) is 7.28. The molecule has 0 saturated heterocycles. The minimum atomic E-state index is -0.906. The molecule has 2 amide bonds. The maximum Gasteiger partial charge on any atom is 0.408 e. The van der Waals surface area contributed by atoms with Crippen molar-refractivity contribution >= 4 is 18.2 Å². The number of aromatic nitrogens is 2. The molecular weight excluding hydrogens is 410 g/mol. The van der Waals surface area contributed by atoms with E-state index in [-0.39, 0.29) is 13.0 Å². The van der Waals surface area contributed by atoms with E-state index in [0.717, 1.165) is 16.9 Å². The van der Waals surface area contributed by atoms with Gasteiger partial charge in [0.25, 0.3) is 5.91 Å². The van der Waals surface area contributed by atoms with E-state index in [1.54, 1.807) is 6.20 Å². The highest BCUT2D eigenvalue weighted by Gasteiger charge is 2.22. The van der Waals surface area contributed by atoms with Gasteiger partial charge in [-0.1, -0.05) is 30.3 Å². The van der Waals surface area contributed by atoms with Gasteiger partial charge in [0.15, 0.2) is 0 Å². The van der Waals surface area contributed by atoms with Crippen LogP contribution in [-0.2, 0) is 22.6 Å². The number of H-pyrrole nitrogens is 1. The number of carbonyl (C=O) groups is 2. The zero-order valence-corrected chi connectivity index (χ0v) is 17.7. The Balaban J connectivity index is 1.57. The van der Waals surface area contributed by atoms with Crippen LogP contribution in [0.2, 0.25) is 0 Å². The number of hydrogen-bond acceptors (Lipinski definition) is 6. The number of ether oxygens (including phenoxy) is 2. The van der Waals surface area contributed by atoms with Crippen LogP contribution < -0.4 is 15.5 Å². The Hall–Kier alpha value is -4.14. The predicted molar refractivity (Wildman–Crippen MR) is 119 cm³/mol. The molecular formula is C23H25N5O4. The van der Waals surface area contributed by atoms with Crippen molar-refractivity contribution in [2.75, 3.05) is 6.61 Å². The van der Waals surface area contributed by atoms with Crippen molar-refractivity contribution in [1.82, 2.24) is 20.7 Å². The van der Waals surface area contributed by atoms with E-state index in [2.05, 4.69) is 25.8 Å². The summed E-state index contributed by atoms with van der Waals surface area (Å²) in [6.45, 7) is 2.60. The van der Waals surface area contributed by atoms with E-state index in [0.29, 0.717) is 12.3 Å². The van der Waals surface area contributed by atoms with Crippen LogP contribution in [0.25, 0.3) is 0 Å². The van der Waals surface area contributed by atoms with Gasteiger partial charge in [-0.3, -0.25) is 4.79 Å². The molecule has 2 aromatic carbocycles. The van der Waals surface area contributed by atoms with Gasteiger partial charge in [-0.25, -0.2) is 15.2 Å². The van der Waals surface area contributed by atoms with E-state index in [1.807, 2.05) is 61.5 Å². The fourth-order valence-corrected chi connectivity index (χ4v) is 2.80. The number of nitrogens with one attached hydrogen (secondary N) is 3. The second kappa shape index (κ2) is 11.9. The summed E-state index contributed by atoms with van der Waals surface area (Å²) < 4.78 is 10.6. The van der Waals surface area contributed by atoms with Gasteiger partial charge in [-0.05, 0) is 42.3 Å². The second-order valence-corrected chi connectivity index (χ2v) is 6.78. The van der Waals surface area contributed by atoms with E-state index >= 15 is 0 Å². The fourth-order valence-electron chi connectivity index (χ4n) is 2.80.